The number of halogens is 1. The number of carboxylic acids is 1. The second kappa shape index (κ2) is 9.91. The minimum atomic E-state index is -1.12. The molecule has 2 rings (SSSR count). The van der Waals surface area contributed by atoms with Gasteiger partial charge in [-0.15, -0.1) is 5.10 Å². The largest absolute Gasteiger partial charge is 0.476 e. The normalized spacial score (nSPS) is 10.6. The maximum absolute atomic E-state index is 11.2. The second-order valence-corrected chi connectivity index (χ2v) is 6.51. The molecular weight excluding hydrogens is 372 g/mol. The Labute approximate surface area is 162 Å². The molecule has 0 radical (unpaired) electrons. The summed E-state index contributed by atoms with van der Waals surface area (Å²) in [5.74, 6) is -1.30. The zero-order valence-electron chi connectivity index (χ0n) is 15.4. The Balaban J connectivity index is 1.96. The lowest BCUT2D eigenvalue weighted by Gasteiger charge is -2.13. The van der Waals surface area contributed by atoms with Gasteiger partial charge in [-0.2, -0.15) is 0 Å². The Bertz CT molecular complexity index is 807. The van der Waals surface area contributed by atoms with Crippen LogP contribution in [-0.2, 0) is 9.53 Å². The SMILES string of the molecule is COC(=O)CCCCCCNc1cc(Cl)ccc1-n1nnc(C(=O)O)c1C. The molecule has 8 nitrogen and oxygen atoms in total. The first-order chi connectivity index (χ1) is 12.9. The van der Waals surface area contributed by atoms with Crippen LogP contribution in [0.5, 0.6) is 0 Å². The van der Waals surface area contributed by atoms with E-state index in [1.165, 1.54) is 11.8 Å². The van der Waals surface area contributed by atoms with Crippen molar-refractivity contribution in [3.05, 3.63) is 34.6 Å². The van der Waals surface area contributed by atoms with Crippen molar-refractivity contribution >= 4 is 29.2 Å². The highest BCUT2D eigenvalue weighted by Gasteiger charge is 2.18. The molecule has 0 bridgehead atoms. The fraction of sp³-hybridized carbons (Fsp3) is 0.444. The van der Waals surface area contributed by atoms with E-state index in [-0.39, 0.29) is 11.7 Å². The number of rotatable bonds is 10. The number of benzene rings is 1. The van der Waals surface area contributed by atoms with E-state index in [4.69, 9.17) is 16.7 Å². The first-order valence-corrected chi connectivity index (χ1v) is 9.08. The van der Waals surface area contributed by atoms with Gasteiger partial charge in [0, 0.05) is 18.0 Å². The van der Waals surface area contributed by atoms with Gasteiger partial charge in [-0.1, -0.05) is 29.7 Å². The Morgan fingerprint density at radius 3 is 2.67 bits per heavy atom. The van der Waals surface area contributed by atoms with E-state index in [1.807, 2.05) is 0 Å². The van der Waals surface area contributed by atoms with Crippen molar-refractivity contribution in [2.45, 2.75) is 39.0 Å². The molecule has 1 aromatic heterocycles. The van der Waals surface area contributed by atoms with Gasteiger partial charge in [-0.25, -0.2) is 9.48 Å². The Morgan fingerprint density at radius 2 is 2.00 bits per heavy atom. The molecule has 0 aliphatic carbocycles. The van der Waals surface area contributed by atoms with E-state index in [0.29, 0.717) is 29.4 Å². The van der Waals surface area contributed by atoms with E-state index in [2.05, 4.69) is 20.4 Å². The van der Waals surface area contributed by atoms with Gasteiger partial charge in [-0.3, -0.25) is 4.79 Å². The van der Waals surface area contributed by atoms with Crippen molar-refractivity contribution < 1.29 is 19.4 Å². The highest BCUT2D eigenvalue weighted by atomic mass is 35.5. The van der Waals surface area contributed by atoms with Gasteiger partial charge in [0.25, 0.3) is 0 Å². The quantitative estimate of drug-likeness (QED) is 0.469. The van der Waals surface area contributed by atoms with Crippen LogP contribution in [0.1, 0.15) is 48.3 Å². The molecule has 0 saturated carbocycles. The number of methoxy groups -OCH3 is 1. The number of hydrogen-bond acceptors (Lipinski definition) is 6. The number of esters is 1. The number of nitrogens with one attached hydrogen (secondary N) is 1. The van der Waals surface area contributed by atoms with Gasteiger partial charge < -0.3 is 15.2 Å². The lowest BCUT2D eigenvalue weighted by atomic mass is 10.1. The lowest BCUT2D eigenvalue weighted by molar-refractivity contribution is -0.140. The van der Waals surface area contributed by atoms with Crippen molar-refractivity contribution in [1.29, 1.82) is 0 Å². The number of carbonyl (C=O) groups excluding carboxylic acids is 1. The molecule has 27 heavy (non-hydrogen) atoms. The van der Waals surface area contributed by atoms with Crippen LogP contribution in [0.4, 0.5) is 5.69 Å². The molecule has 0 unspecified atom stereocenters. The molecule has 0 fully saturated rings. The summed E-state index contributed by atoms with van der Waals surface area (Å²) in [5.41, 5.74) is 1.79. The number of unbranched alkanes of at least 4 members (excludes halogenated alkanes) is 3. The van der Waals surface area contributed by atoms with Gasteiger partial charge in [0.05, 0.1) is 24.2 Å². The molecule has 2 N–H and O–H groups in total. The predicted molar refractivity (Wildman–Crippen MR) is 102 cm³/mol. The minimum Gasteiger partial charge on any atom is -0.476 e. The van der Waals surface area contributed by atoms with Crippen LogP contribution in [0, 0.1) is 6.92 Å². The molecular formula is C18H23ClN4O4. The van der Waals surface area contributed by atoms with E-state index < -0.39 is 5.97 Å². The number of carboxylic acid groups (broad SMARTS) is 1. The molecule has 0 atom stereocenters. The summed E-state index contributed by atoms with van der Waals surface area (Å²) in [6, 6.07) is 5.26. The third-order valence-electron chi connectivity index (χ3n) is 4.13. The standard InChI is InChI=1S/C18H23ClN4O4/c1-12-17(18(25)26)21-22-23(12)15-9-8-13(19)11-14(15)20-10-6-4-3-5-7-16(24)27-2/h8-9,11,20H,3-7,10H2,1-2H3,(H,25,26). The van der Waals surface area contributed by atoms with Crippen molar-refractivity contribution in [3.63, 3.8) is 0 Å². The summed E-state index contributed by atoms with van der Waals surface area (Å²) in [6.07, 6.45) is 4.10. The lowest BCUT2D eigenvalue weighted by Crippen LogP contribution is -2.08. The first-order valence-electron chi connectivity index (χ1n) is 8.70. The van der Waals surface area contributed by atoms with Crippen LogP contribution >= 0.6 is 11.6 Å². The van der Waals surface area contributed by atoms with E-state index in [0.717, 1.165) is 31.4 Å². The molecule has 0 amide bonds. The van der Waals surface area contributed by atoms with Crippen LogP contribution in [0.15, 0.2) is 18.2 Å². The minimum absolute atomic E-state index is 0.0819. The van der Waals surface area contributed by atoms with Crippen LogP contribution in [0.25, 0.3) is 5.69 Å². The summed E-state index contributed by atoms with van der Waals surface area (Å²) >= 11 is 6.10. The second-order valence-electron chi connectivity index (χ2n) is 6.07. The number of aromatic carboxylic acids is 1. The van der Waals surface area contributed by atoms with Gasteiger partial charge >= 0.3 is 11.9 Å². The smallest absolute Gasteiger partial charge is 0.358 e. The highest BCUT2D eigenvalue weighted by Crippen LogP contribution is 2.25. The van der Waals surface area contributed by atoms with Gasteiger partial charge in [0.2, 0.25) is 0 Å². The average Bonchev–Trinajstić information content (AvgIpc) is 3.02. The van der Waals surface area contributed by atoms with E-state index in [1.54, 1.807) is 25.1 Å². The molecule has 146 valence electrons. The number of carbonyl (C=O) groups is 2. The fourth-order valence-corrected chi connectivity index (χ4v) is 2.84. The highest BCUT2D eigenvalue weighted by molar-refractivity contribution is 6.31. The van der Waals surface area contributed by atoms with Crippen molar-refractivity contribution in [2.75, 3.05) is 19.0 Å². The van der Waals surface area contributed by atoms with Crippen molar-refractivity contribution in [2.24, 2.45) is 0 Å². The molecule has 0 aliphatic heterocycles. The Kier molecular flexibility index (Phi) is 7.60. The summed E-state index contributed by atoms with van der Waals surface area (Å²) in [5, 5.41) is 20.7. The van der Waals surface area contributed by atoms with Gasteiger partial charge in [0.15, 0.2) is 5.69 Å². The maximum Gasteiger partial charge on any atom is 0.358 e. The van der Waals surface area contributed by atoms with Crippen LogP contribution in [0.3, 0.4) is 0 Å². The summed E-state index contributed by atoms with van der Waals surface area (Å²) < 4.78 is 6.10. The fourth-order valence-electron chi connectivity index (χ4n) is 2.66. The van der Waals surface area contributed by atoms with E-state index >= 15 is 0 Å². The van der Waals surface area contributed by atoms with Gasteiger partial charge in [0.1, 0.15) is 0 Å². The third-order valence-corrected chi connectivity index (χ3v) is 4.37. The zero-order chi connectivity index (χ0) is 19.8. The van der Waals surface area contributed by atoms with Crippen LogP contribution in [-0.4, -0.2) is 45.7 Å². The molecule has 9 heteroatoms. The first kappa shape index (κ1) is 20.7. The van der Waals surface area contributed by atoms with Crippen molar-refractivity contribution in [3.8, 4) is 5.69 Å². The number of aromatic nitrogens is 3. The number of ether oxygens (including phenoxy) is 1. The van der Waals surface area contributed by atoms with Crippen LogP contribution in [0.2, 0.25) is 5.02 Å². The summed E-state index contributed by atoms with van der Waals surface area (Å²) in [7, 11) is 1.39. The average molecular weight is 395 g/mol. The molecule has 0 aliphatic rings. The van der Waals surface area contributed by atoms with E-state index in [9.17, 15) is 9.59 Å². The number of hydrogen-bond donors (Lipinski definition) is 2. The molecule has 2 aromatic rings. The Hall–Kier alpha value is -2.61. The zero-order valence-corrected chi connectivity index (χ0v) is 16.1. The molecule has 1 aromatic carbocycles. The maximum atomic E-state index is 11.2. The molecule has 0 saturated heterocycles. The predicted octanol–water partition coefficient (Wildman–Crippen LogP) is 3.46. The summed E-state index contributed by atoms with van der Waals surface area (Å²) in [4.78, 5) is 22.2. The topological polar surface area (TPSA) is 106 Å². The number of nitrogens with zero attached hydrogens (tertiary/aromatic N) is 3. The third kappa shape index (κ3) is 5.68. The number of anilines is 1. The summed E-state index contributed by atoms with van der Waals surface area (Å²) in [6.45, 7) is 2.37. The van der Waals surface area contributed by atoms with Crippen molar-refractivity contribution in [1.82, 2.24) is 15.0 Å². The Morgan fingerprint density at radius 1 is 1.26 bits per heavy atom. The molecule has 1 heterocycles. The monoisotopic (exact) mass is 394 g/mol. The van der Waals surface area contributed by atoms with Crippen LogP contribution < -0.4 is 5.32 Å². The van der Waals surface area contributed by atoms with Gasteiger partial charge in [-0.05, 0) is 38.0 Å². The molecule has 0 spiro atoms.